The molecule has 3 N–H and O–H groups in total. The van der Waals surface area contributed by atoms with E-state index in [1.165, 1.54) is 10.9 Å². The highest BCUT2D eigenvalue weighted by atomic mass is 16.5. The molecule has 1 aromatic heterocycles. The van der Waals surface area contributed by atoms with E-state index in [0.29, 0.717) is 12.8 Å². The van der Waals surface area contributed by atoms with Crippen LogP contribution in [0.3, 0.4) is 0 Å². The Hall–Kier alpha value is -2.05. The van der Waals surface area contributed by atoms with Crippen molar-refractivity contribution < 1.29 is 19.4 Å². The van der Waals surface area contributed by atoms with Gasteiger partial charge in [-0.3, -0.25) is 4.68 Å². The lowest BCUT2D eigenvalue weighted by Crippen LogP contribution is -2.20. The second kappa shape index (κ2) is 6.04. The van der Waals surface area contributed by atoms with Gasteiger partial charge in [0.2, 0.25) is 0 Å². The molecule has 0 aromatic carbocycles. The molecule has 1 rings (SSSR count). The molecule has 0 fully saturated rings. The molecule has 100 valence electrons. The third kappa shape index (κ3) is 2.99. The summed E-state index contributed by atoms with van der Waals surface area (Å²) in [7, 11) is 0. The lowest BCUT2D eigenvalue weighted by atomic mass is 10.2. The number of hydrogen-bond donors (Lipinski definition) is 2. The highest BCUT2D eigenvalue weighted by Crippen LogP contribution is 2.18. The molecule has 0 radical (unpaired) electrons. The van der Waals surface area contributed by atoms with Gasteiger partial charge in [0.15, 0.2) is 5.69 Å². The van der Waals surface area contributed by atoms with Crippen LogP contribution in [0.5, 0.6) is 0 Å². The molecule has 0 aliphatic heterocycles. The summed E-state index contributed by atoms with van der Waals surface area (Å²) in [5.74, 6) is -1.65. The Morgan fingerprint density at radius 2 is 2.22 bits per heavy atom. The van der Waals surface area contributed by atoms with E-state index in [0.717, 1.165) is 0 Å². The summed E-state index contributed by atoms with van der Waals surface area (Å²) in [6.07, 6.45) is 2.45. The summed E-state index contributed by atoms with van der Waals surface area (Å²) in [5.41, 5.74) is 5.71. The summed E-state index contributed by atoms with van der Waals surface area (Å²) in [6.45, 7) is 3.75. The van der Waals surface area contributed by atoms with E-state index < -0.39 is 18.0 Å². The van der Waals surface area contributed by atoms with Crippen molar-refractivity contribution in [2.45, 2.75) is 32.7 Å². The Kier molecular flexibility index (Phi) is 4.70. The maximum atomic E-state index is 11.5. The third-order valence-corrected chi connectivity index (χ3v) is 2.40. The molecule has 0 saturated carbocycles. The quantitative estimate of drug-likeness (QED) is 0.736. The molecule has 1 aromatic rings. The first-order chi connectivity index (χ1) is 8.51. The van der Waals surface area contributed by atoms with E-state index in [1.54, 1.807) is 6.92 Å². The highest BCUT2D eigenvalue weighted by molar-refractivity contribution is 5.92. The second-order valence-electron chi connectivity index (χ2n) is 3.78. The monoisotopic (exact) mass is 255 g/mol. The topological polar surface area (TPSA) is 107 Å². The fourth-order valence-corrected chi connectivity index (χ4v) is 1.57. The first-order valence-corrected chi connectivity index (χ1v) is 5.75. The molecule has 0 bridgehead atoms. The number of aromatic nitrogens is 2. The number of carboxylic acids is 1. The molecular weight excluding hydrogens is 238 g/mol. The fourth-order valence-electron chi connectivity index (χ4n) is 1.57. The number of carbonyl (C=O) groups is 2. The minimum atomic E-state index is -1.00. The average molecular weight is 255 g/mol. The van der Waals surface area contributed by atoms with E-state index in [9.17, 15) is 9.59 Å². The maximum absolute atomic E-state index is 11.5. The second-order valence-corrected chi connectivity index (χ2v) is 3.78. The fraction of sp³-hybridized carbons (Fsp3) is 0.545. The summed E-state index contributed by atoms with van der Waals surface area (Å²) in [4.78, 5) is 22.6. The number of aliphatic carboxylic acids is 1. The van der Waals surface area contributed by atoms with Gasteiger partial charge in [0.25, 0.3) is 0 Å². The number of esters is 1. The third-order valence-electron chi connectivity index (χ3n) is 2.40. The van der Waals surface area contributed by atoms with Crippen molar-refractivity contribution in [2.24, 2.45) is 0 Å². The van der Waals surface area contributed by atoms with Gasteiger partial charge in [-0.15, -0.1) is 0 Å². The zero-order chi connectivity index (χ0) is 13.7. The summed E-state index contributed by atoms with van der Waals surface area (Å²) in [6, 6.07) is -0.819. The van der Waals surface area contributed by atoms with Crippen molar-refractivity contribution in [1.82, 2.24) is 9.78 Å². The normalized spacial score (nSPS) is 12.1. The van der Waals surface area contributed by atoms with E-state index in [4.69, 9.17) is 15.6 Å². The van der Waals surface area contributed by atoms with Gasteiger partial charge in [-0.05, 0) is 13.3 Å². The number of hydrogen-bond acceptors (Lipinski definition) is 5. The Labute approximate surface area is 105 Å². The van der Waals surface area contributed by atoms with Crippen LogP contribution in [0.4, 0.5) is 5.69 Å². The van der Waals surface area contributed by atoms with Crippen molar-refractivity contribution in [1.29, 1.82) is 0 Å². The number of nitrogens with two attached hydrogens (primary N) is 1. The summed E-state index contributed by atoms with van der Waals surface area (Å²) < 4.78 is 5.98. The van der Waals surface area contributed by atoms with E-state index in [-0.39, 0.29) is 18.0 Å². The molecule has 0 amide bonds. The highest BCUT2D eigenvalue weighted by Gasteiger charge is 2.23. The van der Waals surface area contributed by atoms with Gasteiger partial charge in [-0.2, -0.15) is 5.10 Å². The number of carbonyl (C=O) groups excluding carboxylic acids is 1. The van der Waals surface area contributed by atoms with Crippen LogP contribution in [-0.2, 0) is 9.53 Å². The zero-order valence-electron chi connectivity index (χ0n) is 10.4. The molecule has 1 heterocycles. The minimum absolute atomic E-state index is 0.0424. The lowest BCUT2D eigenvalue weighted by Gasteiger charge is -2.10. The van der Waals surface area contributed by atoms with Crippen molar-refractivity contribution in [2.75, 3.05) is 12.3 Å². The van der Waals surface area contributed by atoms with Crippen LogP contribution in [0, 0.1) is 0 Å². The molecule has 7 heteroatoms. The van der Waals surface area contributed by atoms with Crippen LogP contribution in [-0.4, -0.2) is 33.4 Å². The predicted molar refractivity (Wildman–Crippen MR) is 64.2 cm³/mol. The Bertz CT molecular complexity index is 441. The molecule has 0 aliphatic carbocycles. The molecule has 18 heavy (non-hydrogen) atoms. The van der Waals surface area contributed by atoms with Crippen LogP contribution < -0.4 is 5.73 Å². The molecule has 0 spiro atoms. The van der Waals surface area contributed by atoms with E-state index >= 15 is 0 Å². The molecule has 0 aliphatic rings. The molecule has 7 nitrogen and oxygen atoms in total. The number of carboxylic acid groups (broad SMARTS) is 1. The van der Waals surface area contributed by atoms with Gasteiger partial charge in [-0.25, -0.2) is 9.59 Å². The van der Waals surface area contributed by atoms with E-state index in [2.05, 4.69) is 5.10 Å². The molecule has 1 unspecified atom stereocenters. The lowest BCUT2D eigenvalue weighted by molar-refractivity contribution is -0.141. The average Bonchev–Trinajstić information content (AvgIpc) is 2.67. The van der Waals surface area contributed by atoms with E-state index in [1.807, 2.05) is 6.92 Å². The standard InChI is InChI=1S/C11H17N3O4/c1-3-5-8(10(15)16)14-6-7(12)9(13-14)11(17)18-4-2/h6,8H,3-5,12H2,1-2H3,(H,15,16). The SMILES string of the molecule is CCCC(C(=O)O)n1cc(N)c(C(=O)OCC)n1. The molecular formula is C11H17N3O4. The largest absolute Gasteiger partial charge is 0.480 e. The smallest absolute Gasteiger partial charge is 0.361 e. The minimum Gasteiger partial charge on any atom is -0.480 e. The predicted octanol–water partition coefficient (Wildman–Crippen LogP) is 1.07. The van der Waals surface area contributed by atoms with Crippen molar-refractivity contribution in [3.63, 3.8) is 0 Å². The Morgan fingerprint density at radius 3 is 2.72 bits per heavy atom. The molecule has 0 saturated heterocycles. The van der Waals surface area contributed by atoms with Crippen molar-refractivity contribution in [3.8, 4) is 0 Å². The summed E-state index contributed by atoms with van der Waals surface area (Å²) in [5, 5.41) is 13.0. The van der Waals surface area contributed by atoms with Gasteiger partial charge in [0, 0.05) is 6.20 Å². The van der Waals surface area contributed by atoms with Gasteiger partial charge in [0.1, 0.15) is 6.04 Å². The zero-order valence-corrected chi connectivity index (χ0v) is 10.4. The van der Waals surface area contributed by atoms with Gasteiger partial charge >= 0.3 is 11.9 Å². The van der Waals surface area contributed by atoms with Gasteiger partial charge < -0.3 is 15.6 Å². The van der Waals surface area contributed by atoms with Gasteiger partial charge in [0.05, 0.1) is 12.3 Å². The number of nitrogens with zero attached hydrogens (tertiary/aromatic N) is 2. The Morgan fingerprint density at radius 1 is 1.56 bits per heavy atom. The number of ether oxygens (including phenoxy) is 1. The van der Waals surface area contributed by atoms with Gasteiger partial charge in [-0.1, -0.05) is 13.3 Å². The van der Waals surface area contributed by atoms with Crippen LogP contribution in [0.25, 0.3) is 0 Å². The number of nitrogen functional groups attached to an aromatic ring is 1. The van der Waals surface area contributed by atoms with Crippen molar-refractivity contribution >= 4 is 17.6 Å². The first-order valence-electron chi connectivity index (χ1n) is 5.75. The maximum Gasteiger partial charge on any atom is 0.361 e. The number of rotatable bonds is 6. The molecule has 1 atom stereocenters. The Balaban J connectivity index is 3.01. The first kappa shape index (κ1) is 14.0. The van der Waals surface area contributed by atoms with Crippen LogP contribution >= 0.6 is 0 Å². The van der Waals surface area contributed by atoms with Crippen LogP contribution in [0.2, 0.25) is 0 Å². The van der Waals surface area contributed by atoms with Crippen LogP contribution in [0.1, 0.15) is 43.2 Å². The van der Waals surface area contributed by atoms with Crippen molar-refractivity contribution in [3.05, 3.63) is 11.9 Å². The summed E-state index contributed by atoms with van der Waals surface area (Å²) >= 11 is 0. The van der Waals surface area contributed by atoms with Crippen LogP contribution in [0.15, 0.2) is 6.20 Å². The number of anilines is 1.